The highest BCUT2D eigenvalue weighted by Gasteiger charge is 2.28. The minimum Gasteiger partial charge on any atom is -0.337 e. The number of likely N-dealkylation sites (tertiary alicyclic amines) is 1. The first-order valence-electron chi connectivity index (χ1n) is 6.76. The smallest absolute Gasteiger partial charge is 0.237 e. The summed E-state index contributed by atoms with van der Waals surface area (Å²) in [5.41, 5.74) is 5.78. The maximum Gasteiger partial charge on any atom is 0.237 e. The van der Waals surface area contributed by atoms with E-state index in [2.05, 4.69) is 18.7 Å². The van der Waals surface area contributed by atoms with Gasteiger partial charge >= 0.3 is 0 Å². The van der Waals surface area contributed by atoms with Crippen LogP contribution in [0, 0.1) is 5.92 Å². The molecule has 1 heterocycles. The van der Waals surface area contributed by atoms with Crippen LogP contribution in [0.4, 0.5) is 0 Å². The Hall–Kier alpha value is -0.610. The number of amides is 1. The number of likely N-dealkylation sites (N-methyl/N-ethyl adjacent to an activating group) is 1. The van der Waals surface area contributed by atoms with Gasteiger partial charge in [0, 0.05) is 19.1 Å². The van der Waals surface area contributed by atoms with Crippen molar-refractivity contribution in [3.8, 4) is 0 Å². The minimum absolute atomic E-state index is 0.239. The molecule has 4 heteroatoms. The number of hydrogen-bond acceptors (Lipinski definition) is 3. The lowest BCUT2D eigenvalue weighted by atomic mass is 9.92. The van der Waals surface area contributed by atoms with E-state index in [1.165, 1.54) is 0 Å². The Morgan fingerprint density at radius 3 is 2.82 bits per heavy atom. The molecular formula is C13H27N3O. The van der Waals surface area contributed by atoms with Crippen LogP contribution in [-0.4, -0.2) is 55.0 Å². The Morgan fingerprint density at radius 2 is 2.24 bits per heavy atom. The van der Waals surface area contributed by atoms with E-state index in [0.717, 1.165) is 32.4 Å². The zero-order chi connectivity index (χ0) is 12.8. The molecule has 1 fully saturated rings. The molecule has 1 saturated heterocycles. The summed E-state index contributed by atoms with van der Waals surface area (Å²) in [5, 5.41) is 0. The molecule has 0 aromatic carbocycles. The normalized spacial score (nSPS) is 25.4. The van der Waals surface area contributed by atoms with Crippen molar-refractivity contribution in [2.45, 2.75) is 39.2 Å². The Balaban J connectivity index is 2.49. The number of piperidine rings is 1. The summed E-state index contributed by atoms with van der Waals surface area (Å²) >= 11 is 0. The van der Waals surface area contributed by atoms with Crippen LogP contribution < -0.4 is 5.73 Å². The number of rotatable bonds is 5. The molecule has 0 saturated carbocycles. The van der Waals surface area contributed by atoms with E-state index < -0.39 is 0 Å². The van der Waals surface area contributed by atoms with Crippen LogP contribution in [0.25, 0.3) is 0 Å². The maximum atomic E-state index is 12.2. The summed E-state index contributed by atoms with van der Waals surface area (Å²) in [7, 11) is 2.01. The van der Waals surface area contributed by atoms with Gasteiger partial charge in [0.2, 0.25) is 5.91 Å². The third-order valence-corrected chi connectivity index (χ3v) is 3.58. The summed E-state index contributed by atoms with van der Waals surface area (Å²) < 4.78 is 0. The number of carbonyl (C=O) groups is 1. The van der Waals surface area contributed by atoms with Gasteiger partial charge in [-0.1, -0.05) is 13.8 Å². The Labute approximate surface area is 105 Å². The third-order valence-electron chi connectivity index (χ3n) is 3.58. The fourth-order valence-corrected chi connectivity index (χ4v) is 2.59. The highest BCUT2D eigenvalue weighted by molar-refractivity contribution is 5.78. The molecule has 100 valence electrons. The second-order valence-corrected chi connectivity index (χ2v) is 5.34. The highest BCUT2D eigenvalue weighted by Crippen LogP contribution is 2.21. The first-order chi connectivity index (χ1) is 8.08. The van der Waals surface area contributed by atoms with Crippen molar-refractivity contribution in [3.05, 3.63) is 0 Å². The summed E-state index contributed by atoms with van der Waals surface area (Å²) in [5.74, 6) is 0.935. The molecule has 0 radical (unpaired) electrons. The van der Waals surface area contributed by atoms with Crippen LogP contribution in [0.1, 0.15) is 33.1 Å². The molecule has 1 amide bonds. The molecule has 0 aliphatic carbocycles. The van der Waals surface area contributed by atoms with Gasteiger partial charge in [0.15, 0.2) is 0 Å². The van der Waals surface area contributed by atoms with E-state index in [1.54, 1.807) is 0 Å². The Kier molecular flexibility index (Phi) is 5.92. The largest absolute Gasteiger partial charge is 0.337 e. The lowest BCUT2D eigenvalue weighted by molar-refractivity contribution is -0.136. The van der Waals surface area contributed by atoms with Crippen molar-refractivity contribution in [1.29, 1.82) is 0 Å². The number of carbonyl (C=O) groups excluding carboxylic acids is 1. The average Bonchev–Trinajstić information content (AvgIpc) is 2.28. The van der Waals surface area contributed by atoms with Crippen LogP contribution in [0.3, 0.4) is 0 Å². The van der Waals surface area contributed by atoms with Gasteiger partial charge in [-0.15, -0.1) is 0 Å². The predicted octanol–water partition coefficient (Wildman–Crippen LogP) is 0.914. The number of nitrogens with two attached hydrogens (primary N) is 1. The van der Waals surface area contributed by atoms with Crippen molar-refractivity contribution in [3.63, 3.8) is 0 Å². The molecule has 2 unspecified atom stereocenters. The van der Waals surface area contributed by atoms with E-state index >= 15 is 0 Å². The van der Waals surface area contributed by atoms with Crippen molar-refractivity contribution < 1.29 is 4.79 Å². The molecule has 1 rings (SSSR count). The van der Waals surface area contributed by atoms with Crippen molar-refractivity contribution in [2.75, 3.05) is 33.2 Å². The SMILES string of the molecule is CCCN(C)CC(=O)N1CCC(C)CC1CN. The van der Waals surface area contributed by atoms with Gasteiger partial charge in [0.05, 0.1) is 6.54 Å². The molecule has 0 aromatic rings. The second kappa shape index (κ2) is 6.97. The number of nitrogens with zero attached hydrogens (tertiary/aromatic N) is 2. The van der Waals surface area contributed by atoms with Gasteiger partial charge in [0.25, 0.3) is 0 Å². The minimum atomic E-state index is 0.239. The fourth-order valence-electron chi connectivity index (χ4n) is 2.59. The van der Waals surface area contributed by atoms with E-state index in [0.29, 0.717) is 19.0 Å². The molecular weight excluding hydrogens is 214 g/mol. The fraction of sp³-hybridized carbons (Fsp3) is 0.923. The van der Waals surface area contributed by atoms with Gasteiger partial charge in [-0.05, 0) is 38.8 Å². The zero-order valence-corrected chi connectivity index (χ0v) is 11.5. The molecule has 0 spiro atoms. The molecule has 0 bridgehead atoms. The zero-order valence-electron chi connectivity index (χ0n) is 11.5. The van der Waals surface area contributed by atoms with Gasteiger partial charge in [-0.3, -0.25) is 9.69 Å². The van der Waals surface area contributed by atoms with E-state index in [1.807, 2.05) is 11.9 Å². The van der Waals surface area contributed by atoms with Gasteiger partial charge in [-0.2, -0.15) is 0 Å². The first-order valence-corrected chi connectivity index (χ1v) is 6.76. The third kappa shape index (κ3) is 4.28. The Bertz CT molecular complexity index is 245. The highest BCUT2D eigenvalue weighted by atomic mass is 16.2. The molecule has 1 aliphatic rings. The van der Waals surface area contributed by atoms with Crippen LogP contribution in [0.2, 0.25) is 0 Å². The summed E-state index contributed by atoms with van der Waals surface area (Å²) in [6.07, 6.45) is 3.25. The molecule has 1 aliphatic heterocycles. The van der Waals surface area contributed by atoms with Crippen LogP contribution in [0.5, 0.6) is 0 Å². The van der Waals surface area contributed by atoms with Gasteiger partial charge in [0.1, 0.15) is 0 Å². The molecule has 0 aromatic heterocycles. The van der Waals surface area contributed by atoms with E-state index in [9.17, 15) is 4.79 Å². The predicted molar refractivity (Wildman–Crippen MR) is 70.7 cm³/mol. The molecule has 2 N–H and O–H groups in total. The quantitative estimate of drug-likeness (QED) is 0.778. The van der Waals surface area contributed by atoms with Gasteiger partial charge in [-0.25, -0.2) is 0 Å². The van der Waals surface area contributed by atoms with Crippen LogP contribution >= 0.6 is 0 Å². The lowest BCUT2D eigenvalue weighted by Crippen LogP contribution is -2.51. The molecule has 4 nitrogen and oxygen atoms in total. The van der Waals surface area contributed by atoms with Crippen molar-refractivity contribution in [2.24, 2.45) is 11.7 Å². The van der Waals surface area contributed by atoms with Crippen LogP contribution in [0.15, 0.2) is 0 Å². The second-order valence-electron chi connectivity index (χ2n) is 5.34. The van der Waals surface area contributed by atoms with Gasteiger partial charge < -0.3 is 10.6 Å². The molecule has 2 atom stereocenters. The van der Waals surface area contributed by atoms with Crippen molar-refractivity contribution >= 4 is 5.91 Å². The monoisotopic (exact) mass is 241 g/mol. The average molecular weight is 241 g/mol. The van der Waals surface area contributed by atoms with Crippen molar-refractivity contribution in [1.82, 2.24) is 9.80 Å². The summed E-state index contributed by atoms with van der Waals surface area (Å²) in [6.45, 7) is 7.34. The molecule has 17 heavy (non-hydrogen) atoms. The lowest BCUT2D eigenvalue weighted by Gasteiger charge is -2.38. The standard InChI is InChI=1S/C13H27N3O/c1-4-6-15(3)10-13(17)16-7-5-11(2)8-12(16)9-14/h11-12H,4-10,14H2,1-3H3. The first kappa shape index (κ1) is 14.5. The van der Waals surface area contributed by atoms with E-state index in [4.69, 9.17) is 5.73 Å². The Morgan fingerprint density at radius 1 is 1.53 bits per heavy atom. The van der Waals surface area contributed by atoms with Crippen LogP contribution in [-0.2, 0) is 4.79 Å². The topological polar surface area (TPSA) is 49.6 Å². The summed E-state index contributed by atoms with van der Waals surface area (Å²) in [6, 6.07) is 0.251. The number of hydrogen-bond donors (Lipinski definition) is 1. The van der Waals surface area contributed by atoms with E-state index in [-0.39, 0.29) is 11.9 Å². The maximum absolute atomic E-state index is 12.2. The summed E-state index contributed by atoms with van der Waals surface area (Å²) in [4.78, 5) is 16.3.